The molecule has 1 aliphatic heterocycles. The lowest BCUT2D eigenvalue weighted by Crippen LogP contribution is -2.32. The van der Waals surface area contributed by atoms with Crippen molar-refractivity contribution in [3.8, 4) is 11.5 Å². The number of aliphatic imine (C=N–C) groups is 1. The molecule has 0 spiro atoms. The molecule has 0 atom stereocenters. The van der Waals surface area contributed by atoms with Gasteiger partial charge in [0.05, 0.1) is 13.2 Å². The Morgan fingerprint density at radius 3 is 2.68 bits per heavy atom. The number of rotatable bonds is 13. The highest BCUT2D eigenvalue weighted by Crippen LogP contribution is 2.32. The second-order valence-electron chi connectivity index (χ2n) is 7.77. The van der Waals surface area contributed by atoms with Gasteiger partial charge in [0.15, 0.2) is 17.5 Å². The molecule has 3 rings (SSSR count). The smallest absolute Gasteiger partial charge is 0.195 e. The predicted octanol–water partition coefficient (Wildman–Crippen LogP) is 4.46. The Morgan fingerprint density at radius 2 is 1.87 bits per heavy atom. The normalized spacial score (nSPS) is 15.7. The number of fused-ring (bicyclic) bond motifs is 1. The fourth-order valence-electron chi connectivity index (χ4n) is 3.09. The standard InChI is InChI=1S/C23H37N3O4.HI/c1-2-27-13-4-3-11-24-23(25-12-5-14-28-18-19-7-8-19)26-20-9-10-21-22(17-20)30-16-6-15-29-21;/h9-10,17,19H,2-8,11-16,18H2,1H3,(H2,24,25,26);1H. The third-order valence-corrected chi connectivity index (χ3v) is 4.99. The molecular weight excluding hydrogens is 509 g/mol. The number of nitrogens with zero attached hydrogens (tertiary/aromatic N) is 1. The number of unbranched alkanes of at least 4 members (excludes halogenated alkanes) is 1. The van der Waals surface area contributed by atoms with Gasteiger partial charge >= 0.3 is 0 Å². The molecule has 1 saturated carbocycles. The number of halogens is 1. The van der Waals surface area contributed by atoms with Gasteiger partial charge in [-0.05, 0) is 57.1 Å². The number of benzene rings is 1. The maximum absolute atomic E-state index is 5.80. The van der Waals surface area contributed by atoms with Crippen molar-refractivity contribution in [2.24, 2.45) is 10.9 Å². The molecule has 0 radical (unpaired) electrons. The molecule has 2 aliphatic rings. The van der Waals surface area contributed by atoms with Crippen LogP contribution in [0.25, 0.3) is 0 Å². The van der Waals surface area contributed by atoms with Crippen molar-refractivity contribution in [2.45, 2.75) is 45.4 Å². The number of hydrogen-bond acceptors (Lipinski definition) is 5. The molecule has 0 amide bonds. The van der Waals surface area contributed by atoms with Gasteiger partial charge < -0.3 is 29.6 Å². The van der Waals surface area contributed by atoms with Gasteiger partial charge in [0.2, 0.25) is 0 Å². The molecule has 0 unspecified atom stereocenters. The van der Waals surface area contributed by atoms with Gasteiger partial charge in [-0.15, -0.1) is 24.0 Å². The van der Waals surface area contributed by atoms with Crippen molar-refractivity contribution in [1.29, 1.82) is 0 Å². The van der Waals surface area contributed by atoms with E-state index in [1.807, 2.05) is 25.1 Å². The van der Waals surface area contributed by atoms with E-state index < -0.39 is 0 Å². The van der Waals surface area contributed by atoms with Crippen LogP contribution in [0.4, 0.5) is 5.69 Å². The molecule has 0 saturated heterocycles. The summed E-state index contributed by atoms with van der Waals surface area (Å²) in [6.45, 7) is 8.22. The Labute approximate surface area is 203 Å². The maximum atomic E-state index is 5.80. The first-order valence-electron chi connectivity index (χ1n) is 11.5. The van der Waals surface area contributed by atoms with Crippen molar-refractivity contribution in [2.75, 3.05) is 58.0 Å². The Hall–Kier alpha value is -1.26. The lowest BCUT2D eigenvalue weighted by molar-refractivity contribution is 0.123. The molecular formula is C23H38IN3O4. The van der Waals surface area contributed by atoms with E-state index in [1.54, 1.807) is 0 Å². The number of anilines is 1. The van der Waals surface area contributed by atoms with E-state index in [4.69, 9.17) is 23.9 Å². The van der Waals surface area contributed by atoms with E-state index in [1.165, 1.54) is 12.8 Å². The average Bonchev–Trinajstić information content (AvgIpc) is 3.59. The van der Waals surface area contributed by atoms with Crippen molar-refractivity contribution < 1.29 is 18.9 Å². The van der Waals surface area contributed by atoms with Crippen LogP contribution in [0.1, 0.15) is 45.4 Å². The summed E-state index contributed by atoms with van der Waals surface area (Å²) in [5.41, 5.74) is 0.935. The molecule has 176 valence electrons. The third-order valence-electron chi connectivity index (χ3n) is 4.99. The van der Waals surface area contributed by atoms with Crippen LogP contribution in [0, 0.1) is 5.92 Å². The van der Waals surface area contributed by atoms with Crippen LogP contribution in [0.3, 0.4) is 0 Å². The zero-order chi connectivity index (χ0) is 20.9. The van der Waals surface area contributed by atoms with Crippen LogP contribution in [0.15, 0.2) is 23.2 Å². The van der Waals surface area contributed by atoms with Crippen LogP contribution in [-0.4, -0.2) is 58.7 Å². The Bertz CT molecular complexity index is 656. The monoisotopic (exact) mass is 547 g/mol. The van der Waals surface area contributed by atoms with Gasteiger partial charge in [-0.25, -0.2) is 0 Å². The van der Waals surface area contributed by atoms with Crippen molar-refractivity contribution in [1.82, 2.24) is 5.32 Å². The highest BCUT2D eigenvalue weighted by atomic mass is 127. The maximum Gasteiger partial charge on any atom is 0.195 e. The second kappa shape index (κ2) is 15.5. The van der Waals surface area contributed by atoms with Crippen LogP contribution >= 0.6 is 24.0 Å². The molecule has 1 aromatic rings. The molecule has 1 aromatic carbocycles. The molecule has 7 nitrogen and oxygen atoms in total. The van der Waals surface area contributed by atoms with Crippen molar-refractivity contribution >= 4 is 35.6 Å². The predicted molar refractivity (Wildman–Crippen MR) is 135 cm³/mol. The van der Waals surface area contributed by atoms with Crippen LogP contribution in [-0.2, 0) is 9.47 Å². The molecule has 8 heteroatoms. The summed E-state index contributed by atoms with van der Waals surface area (Å²) in [5, 5.41) is 6.83. The Morgan fingerprint density at radius 1 is 1.06 bits per heavy atom. The van der Waals surface area contributed by atoms with Gasteiger partial charge in [-0.2, -0.15) is 0 Å². The molecule has 0 bridgehead atoms. The second-order valence-corrected chi connectivity index (χ2v) is 7.77. The average molecular weight is 547 g/mol. The highest BCUT2D eigenvalue weighted by Gasteiger charge is 2.20. The minimum Gasteiger partial charge on any atom is -0.490 e. The van der Waals surface area contributed by atoms with Crippen LogP contribution < -0.4 is 20.1 Å². The summed E-state index contributed by atoms with van der Waals surface area (Å²) in [7, 11) is 0. The van der Waals surface area contributed by atoms with E-state index in [2.05, 4.69) is 10.6 Å². The Kier molecular flexibility index (Phi) is 13.0. The minimum atomic E-state index is 0. The van der Waals surface area contributed by atoms with E-state index in [9.17, 15) is 0 Å². The van der Waals surface area contributed by atoms with Gasteiger partial charge in [0, 0.05) is 57.7 Å². The summed E-state index contributed by atoms with van der Waals surface area (Å²) in [4.78, 5) is 4.73. The van der Waals surface area contributed by atoms with Gasteiger partial charge in [-0.1, -0.05) is 0 Å². The first-order chi connectivity index (χ1) is 14.8. The zero-order valence-corrected chi connectivity index (χ0v) is 21.0. The lowest BCUT2D eigenvalue weighted by atomic mass is 10.2. The summed E-state index contributed by atoms with van der Waals surface area (Å²) >= 11 is 0. The number of hydrogen-bond donors (Lipinski definition) is 2. The molecule has 1 heterocycles. The first-order valence-corrected chi connectivity index (χ1v) is 11.5. The van der Waals surface area contributed by atoms with E-state index in [0.29, 0.717) is 13.2 Å². The number of guanidine groups is 1. The van der Waals surface area contributed by atoms with Crippen molar-refractivity contribution in [3.63, 3.8) is 0 Å². The molecule has 0 aromatic heterocycles. The van der Waals surface area contributed by atoms with Crippen LogP contribution in [0.2, 0.25) is 0 Å². The summed E-state index contributed by atoms with van der Waals surface area (Å²) in [6, 6.07) is 5.93. The molecule has 1 fully saturated rings. The number of ether oxygens (including phenoxy) is 4. The topological polar surface area (TPSA) is 73.3 Å². The first kappa shape index (κ1) is 26.0. The van der Waals surface area contributed by atoms with E-state index >= 15 is 0 Å². The highest BCUT2D eigenvalue weighted by molar-refractivity contribution is 14.0. The van der Waals surface area contributed by atoms with Crippen molar-refractivity contribution in [3.05, 3.63) is 18.2 Å². The van der Waals surface area contributed by atoms with Gasteiger partial charge in [0.1, 0.15) is 0 Å². The number of nitrogens with one attached hydrogen (secondary N) is 2. The van der Waals surface area contributed by atoms with Gasteiger partial charge in [-0.3, -0.25) is 4.99 Å². The summed E-state index contributed by atoms with van der Waals surface area (Å²) in [5.74, 6) is 3.17. The zero-order valence-electron chi connectivity index (χ0n) is 18.7. The lowest BCUT2D eigenvalue weighted by Gasteiger charge is -2.15. The SMILES string of the molecule is CCOCCCCNC(=NCCCOCC1CC1)Nc1ccc2c(c1)OCCCO2.I. The fraction of sp³-hybridized carbons (Fsp3) is 0.696. The Balaban J connectivity index is 0.00000341. The van der Waals surface area contributed by atoms with E-state index in [0.717, 1.165) is 94.3 Å². The molecule has 31 heavy (non-hydrogen) atoms. The quantitative estimate of drug-likeness (QED) is 0.165. The third kappa shape index (κ3) is 10.7. The largest absolute Gasteiger partial charge is 0.490 e. The minimum absolute atomic E-state index is 0. The summed E-state index contributed by atoms with van der Waals surface area (Å²) < 4.78 is 22.6. The molecule has 2 N–H and O–H groups in total. The molecule has 1 aliphatic carbocycles. The summed E-state index contributed by atoms with van der Waals surface area (Å²) in [6.07, 6.45) is 6.55. The fourth-order valence-corrected chi connectivity index (χ4v) is 3.09. The van der Waals surface area contributed by atoms with Crippen LogP contribution in [0.5, 0.6) is 11.5 Å². The van der Waals surface area contributed by atoms with Gasteiger partial charge in [0.25, 0.3) is 0 Å². The van der Waals surface area contributed by atoms with E-state index in [-0.39, 0.29) is 24.0 Å².